The smallest absolute Gasteiger partial charge is 0.271 e. The van der Waals surface area contributed by atoms with Crippen LogP contribution in [0.4, 0.5) is 11.5 Å². The van der Waals surface area contributed by atoms with Gasteiger partial charge in [0.15, 0.2) is 11.5 Å². The number of carbonyl (C=O) groups excluding carboxylic acids is 3. The average Bonchev–Trinajstić information content (AvgIpc) is 3.67. The van der Waals surface area contributed by atoms with Crippen LogP contribution in [0.5, 0.6) is 0 Å². The van der Waals surface area contributed by atoms with Crippen molar-refractivity contribution >= 4 is 45.2 Å². The van der Waals surface area contributed by atoms with Crippen LogP contribution in [0.1, 0.15) is 53.1 Å². The van der Waals surface area contributed by atoms with Crippen molar-refractivity contribution in [3.05, 3.63) is 59.1 Å². The first-order chi connectivity index (χ1) is 16.7. The van der Waals surface area contributed by atoms with Gasteiger partial charge in [-0.1, -0.05) is 34.1 Å². The summed E-state index contributed by atoms with van der Waals surface area (Å²) in [4.78, 5) is 46.9. The Morgan fingerprint density at radius 1 is 1.29 bits per heavy atom. The number of hydrogen-bond donors (Lipinski definition) is 3. The van der Waals surface area contributed by atoms with Crippen molar-refractivity contribution in [2.45, 2.75) is 45.1 Å². The summed E-state index contributed by atoms with van der Waals surface area (Å²) in [7, 11) is 1.60. The lowest BCUT2D eigenvalue weighted by Crippen LogP contribution is -2.45. The number of allylic oxidation sites excluding steroid dienone is 1. The normalized spacial score (nSPS) is 13.9. The molecule has 3 amide bonds. The highest BCUT2D eigenvalue weighted by molar-refractivity contribution is 9.09. The number of likely N-dealkylation sites (N-methyl/N-ethyl adjacent to an activating group) is 1. The first-order valence-corrected chi connectivity index (χ1v) is 12.6. The molecule has 1 atom stereocenters. The van der Waals surface area contributed by atoms with Gasteiger partial charge in [0, 0.05) is 30.5 Å². The maximum atomic E-state index is 12.5. The fourth-order valence-corrected chi connectivity index (χ4v) is 3.77. The van der Waals surface area contributed by atoms with Gasteiger partial charge in [-0.15, -0.1) is 0 Å². The number of rotatable bonds is 11. The number of hydrogen-bond acceptors (Lipinski definition) is 6. The molecule has 0 spiro atoms. The second kappa shape index (κ2) is 11.9. The minimum Gasteiger partial charge on any atom is -0.364 e. The van der Waals surface area contributed by atoms with E-state index in [0.717, 1.165) is 35.5 Å². The second-order valence-electron chi connectivity index (χ2n) is 8.58. The third-order valence-corrected chi connectivity index (χ3v) is 6.24. The van der Waals surface area contributed by atoms with Crippen LogP contribution in [0.3, 0.4) is 0 Å². The summed E-state index contributed by atoms with van der Waals surface area (Å²) in [6.07, 6.45) is 5.85. The Hall–Kier alpha value is -3.27. The summed E-state index contributed by atoms with van der Waals surface area (Å²) in [5.41, 5.74) is 9.01. The van der Waals surface area contributed by atoms with Crippen molar-refractivity contribution in [1.82, 2.24) is 20.2 Å². The van der Waals surface area contributed by atoms with E-state index in [-0.39, 0.29) is 17.5 Å². The van der Waals surface area contributed by atoms with Gasteiger partial charge in [0.25, 0.3) is 5.91 Å². The molecule has 10 heteroatoms. The van der Waals surface area contributed by atoms with Crippen molar-refractivity contribution in [3.8, 4) is 0 Å². The van der Waals surface area contributed by atoms with Gasteiger partial charge < -0.3 is 21.3 Å². The number of amides is 3. The van der Waals surface area contributed by atoms with Crippen molar-refractivity contribution in [2.75, 3.05) is 24.2 Å². The van der Waals surface area contributed by atoms with Crippen LogP contribution in [0.25, 0.3) is 0 Å². The summed E-state index contributed by atoms with van der Waals surface area (Å²) < 4.78 is 0. The van der Waals surface area contributed by atoms with Crippen molar-refractivity contribution in [2.24, 2.45) is 5.73 Å². The molecule has 1 aliphatic rings. The molecule has 35 heavy (non-hydrogen) atoms. The number of nitrogens with zero attached hydrogens (tertiary/aromatic N) is 3. The molecule has 9 nitrogen and oxygen atoms in total. The minimum absolute atomic E-state index is 0.114. The highest BCUT2D eigenvalue weighted by Gasteiger charge is 2.29. The van der Waals surface area contributed by atoms with E-state index in [0.29, 0.717) is 30.0 Å². The zero-order chi connectivity index (χ0) is 25.5. The van der Waals surface area contributed by atoms with E-state index in [1.54, 1.807) is 20.0 Å². The summed E-state index contributed by atoms with van der Waals surface area (Å²) in [6.45, 7) is 3.95. The summed E-state index contributed by atoms with van der Waals surface area (Å²) in [5.74, 6) is -0.353. The molecule has 1 fully saturated rings. The number of alkyl halides is 1. The molecule has 0 radical (unpaired) electrons. The van der Waals surface area contributed by atoms with Gasteiger partial charge in [-0.05, 0) is 56.9 Å². The average molecular weight is 543 g/mol. The van der Waals surface area contributed by atoms with Gasteiger partial charge in [-0.25, -0.2) is 9.97 Å². The van der Waals surface area contributed by atoms with Gasteiger partial charge in [0.1, 0.15) is 6.04 Å². The molecule has 186 valence electrons. The third-order valence-electron chi connectivity index (χ3n) is 5.86. The summed E-state index contributed by atoms with van der Waals surface area (Å²) >= 11 is 3.23. The molecule has 1 aromatic heterocycles. The summed E-state index contributed by atoms with van der Waals surface area (Å²) in [5, 5.41) is 6.64. The Balaban J connectivity index is 1.62. The van der Waals surface area contributed by atoms with Crippen molar-refractivity contribution in [1.29, 1.82) is 0 Å². The number of nitrogens with two attached hydrogens (primary N) is 1. The Labute approximate surface area is 213 Å². The maximum absolute atomic E-state index is 12.5. The highest BCUT2D eigenvalue weighted by Crippen LogP contribution is 2.41. The number of carbonyl (C=O) groups is 3. The van der Waals surface area contributed by atoms with Crippen LogP contribution in [-0.2, 0) is 16.0 Å². The van der Waals surface area contributed by atoms with Crippen LogP contribution in [-0.4, -0.2) is 57.6 Å². The SMILES string of the molecule is Cc1nc(C(N)=O)c(Nc2cccc(CCNC(=O)C(C)N(C)C(=O)C=CCBr)c2)nc1C1CC1. The van der Waals surface area contributed by atoms with E-state index in [4.69, 9.17) is 5.73 Å². The molecule has 0 saturated heterocycles. The number of halogens is 1. The van der Waals surface area contributed by atoms with Gasteiger partial charge in [-0.2, -0.15) is 0 Å². The quantitative estimate of drug-likeness (QED) is 0.295. The number of aromatic nitrogens is 2. The molecule has 1 aliphatic carbocycles. The van der Waals surface area contributed by atoms with Gasteiger partial charge >= 0.3 is 0 Å². The molecule has 1 saturated carbocycles. The summed E-state index contributed by atoms with van der Waals surface area (Å²) in [6, 6.07) is 7.04. The Bertz CT molecular complexity index is 1130. The highest BCUT2D eigenvalue weighted by atomic mass is 79.9. The maximum Gasteiger partial charge on any atom is 0.271 e. The lowest BCUT2D eigenvalue weighted by Gasteiger charge is -2.23. The fourth-order valence-electron chi connectivity index (χ4n) is 3.58. The molecule has 3 rings (SSSR count). The number of anilines is 2. The molecule has 1 heterocycles. The zero-order valence-corrected chi connectivity index (χ0v) is 21.8. The van der Waals surface area contributed by atoms with Gasteiger partial charge in [0.2, 0.25) is 11.8 Å². The Morgan fingerprint density at radius 3 is 2.69 bits per heavy atom. The lowest BCUT2D eigenvalue weighted by atomic mass is 10.1. The Morgan fingerprint density at radius 2 is 2.03 bits per heavy atom. The monoisotopic (exact) mass is 542 g/mol. The molecular weight excluding hydrogens is 512 g/mol. The van der Waals surface area contributed by atoms with E-state index in [1.165, 1.54) is 11.0 Å². The van der Waals surface area contributed by atoms with Crippen LogP contribution >= 0.6 is 15.9 Å². The van der Waals surface area contributed by atoms with Crippen LogP contribution in [0.15, 0.2) is 36.4 Å². The standard InChI is InChI=1S/C25H31BrN6O3/c1-15-21(18-9-10-18)31-24(22(29-15)23(27)34)30-19-7-4-6-17(14-19)11-13-28-25(35)16(2)32(3)20(33)8-5-12-26/h4-8,14,16,18H,9-13H2,1-3H3,(H2,27,34)(H,28,35)(H,30,31). The first-order valence-electron chi connectivity index (χ1n) is 11.5. The van der Waals surface area contributed by atoms with Gasteiger partial charge in [-0.3, -0.25) is 14.4 Å². The fraction of sp³-hybridized carbons (Fsp3) is 0.400. The van der Waals surface area contributed by atoms with E-state index < -0.39 is 11.9 Å². The molecular formula is C25H31BrN6O3. The molecule has 0 aliphatic heterocycles. The molecule has 1 aromatic carbocycles. The number of nitrogens with one attached hydrogen (secondary N) is 2. The van der Waals surface area contributed by atoms with Crippen molar-refractivity contribution in [3.63, 3.8) is 0 Å². The minimum atomic E-state index is -0.635. The topological polar surface area (TPSA) is 130 Å². The van der Waals surface area contributed by atoms with Crippen LogP contribution in [0, 0.1) is 6.92 Å². The second-order valence-corrected chi connectivity index (χ2v) is 9.23. The number of aryl methyl sites for hydroxylation is 1. The lowest BCUT2D eigenvalue weighted by molar-refractivity contribution is -0.135. The largest absolute Gasteiger partial charge is 0.364 e. The van der Waals surface area contributed by atoms with Crippen LogP contribution in [0.2, 0.25) is 0 Å². The van der Waals surface area contributed by atoms with Gasteiger partial charge in [0.05, 0.1) is 11.4 Å². The van der Waals surface area contributed by atoms with E-state index >= 15 is 0 Å². The van der Waals surface area contributed by atoms with E-state index in [1.807, 2.05) is 31.2 Å². The van der Waals surface area contributed by atoms with E-state index in [2.05, 4.69) is 36.5 Å². The first kappa shape index (κ1) is 26.3. The predicted octanol–water partition coefficient (Wildman–Crippen LogP) is 2.96. The molecule has 0 bridgehead atoms. The Kier molecular flexibility index (Phi) is 8.97. The zero-order valence-electron chi connectivity index (χ0n) is 20.2. The van der Waals surface area contributed by atoms with Crippen molar-refractivity contribution < 1.29 is 14.4 Å². The number of primary amides is 1. The third kappa shape index (κ3) is 7.11. The molecule has 4 N–H and O–H groups in total. The van der Waals surface area contributed by atoms with Crippen LogP contribution < -0.4 is 16.4 Å². The predicted molar refractivity (Wildman–Crippen MR) is 139 cm³/mol. The number of benzene rings is 1. The van der Waals surface area contributed by atoms with E-state index in [9.17, 15) is 14.4 Å². The molecule has 2 aromatic rings. The molecule has 1 unspecified atom stereocenters.